The number of hydrogen-bond donors (Lipinski definition) is 1. The predicted molar refractivity (Wildman–Crippen MR) is 91.9 cm³/mol. The summed E-state index contributed by atoms with van der Waals surface area (Å²) in [5.74, 6) is -0.444. The van der Waals surface area contributed by atoms with Crippen LogP contribution in [0, 0.1) is 12.7 Å². The van der Waals surface area contributed by atoms with Gasteiger partial charge in [0.05, 0.1) is 27.7 Å². The molecule has 0 aliphatic heterocycles. The van der Waals surface area contributed by atoms with Crippen LogP contribution in [-0.4, -0.2) is 27.0 Å². The number of amides is 1. The van der Waals surface area contributed by atoms with Gasteiger partial charge in [0.15, 0.2) is 0 Å². The van der Waals surface area contributed by atoms with Crippen LogP contribution in [-0.2, 0) is 0 Å². The molecule has 0 aliphatic carbocycles. The van der Waals surface area contributed by atoms with Gasteiger partial charge < -0.3 is 9.84 Å². The molecule has 6 nitrogen and oxygen atoms in total. The summed E-state index contributed by atoms with van der Waals surface area (Å²) < 4.78 is 19.5. The number of carbonyl (C=O) groups excluding carboxylic acids is 1. The number of halogens is 2. The number of aryl methyl sites for hydroxylation is 1. The van der Waals surface area contributed by atoms with E-state index in [0.29, 0.717) is 28.2 Å². The maximum atomic E-state index is 13.3. The molecule has 0 fully saturated rings. The van der Waals surface area contributed by atoms with Gasteiger partial charge in [0.1, 0.15) is 12.1 Å². The van der Waals surface area contributed by atoms with Gasteiger partial charge in [-0.25, -0.2) is 9.18 Å². The monoisotopic (exact) mass is 362 g/mol. The van der Waals surface area contributed by atoms with E-state index < -0.39 is 11.8 Å². The fraction of sp³-hybridized carbons (Fsp3) is 0.235. The Labute approximate surface area is 148 Å². The molecule has 0 radical (unpaired) electrons. The summed E-state index contributed by atoms with van der Waals surface area (Å²) in [6.07, 6.45) is 1.45. The molecule has 3 rings (SSSR count). The molecular weight excluding hydrogens is 347 g/mol. The van der Waals surface area contributed by atoms with Crippen LogP contribution in [0.25, 0.3) is 22.5 Å². The Kier molecular flexibility index (Phi) is 4.59. The molecule has 0 atom stereocenters. The van der Waals surface area contributed by atoms with E-state index in [1.807, 2.05) is 13.8 Å². The average molecular weight is 363 g/mol. The lowest BCUT2D eigenvalue weighted by Crippen LogP contribution is -2.35. The van der Waals surface area contributed by atoms with Crippen LogP contribution in [0.3, 0.4) is 0 Å². The van der Waals surface area contributed by atoms with Crippen molar-refractivity contribution in [1.29, 1.82) is 0 Å². The van der Waals surface area contributed by atoms with Crippen molar-refractivity contribution in [3.63, 3.8) is 0 Å². The van der Waals surface area contributed by atoms with E-state index in [1.165, 1.54) is 29.1 Å². The quantitative estimate of drug-likeness (QED) is 0.755. The summed E-state index contributed by atoms with van der Waals surface area (Å²) in [6, 6.07) is 5.25. The lowest BCUT2D eigenvalue weighted by Gasteiger charge is -2.10. The topological polar surface area (TPSA) is 73.0 Å². The van der Waals surface area contributed by atoms with Gasteiger partial charge in [-0.3, -0.25) is 0 Å². The molecule has 25 heavy (non-hydrogen) atoms. The van der Waals surface area contributed by atoms with Gasteiger partial charge in [-0.2, -0.15) is 9.78 Å². The smallest absolute Gasteiger partial charge is 0.342 e. The van der Waals surface area contributed by atoms with Crippen molar-refractivity contribution in [2.75, 3.05) is 0 Å². The summed E-state index contributed by atoms with van der Waals surface area (Å²) in [6.45, 7) is 5.47. The Morgan fingerprint density at radius 1 is 1.32 bits per heavy atom. The largest absolute Gasteiger partial charge is 0.364 e. The zero-order chi connectivity index (χ0) is 18.1. The summed E-state index contributed by atoms with van der Waals surface area (Å²) in [4.78, 5) is 12.5. The summed E-state index contributed by atoms with van der Waals surface area (Å²) in [7, 11) is 0. The Morgan fingerprint density at radius 3 is 2.68 bits per heavy atom. The molecule has 2 aromatic heterocycles. The fourth-order valence-corrected chi connectivity index (χ4v) is 2.67. The molecule has 1 N–H and O–H groups in total. The van der Waals surface area contributed by atoms with Gasteiger partial charge in [0.2, 0.25) is 0 Å². The van der Waals surface area contributed by atoms with E-state index in [9.17, 15) is 9.18 Å². The Morgan fingerprint density at radius 2 is 2.08 bits per heavy atom. The minimum absolute atomic E-state index is 0.0639. The average Bonchev–Trinajstić information content (AvgIpc) is 3.12. The lowest BCUT2D eigenvalue weighted by atomic mass is 10.1. The second-order valence-corrected chi connectivity index (χ2v) is 6.28. The molecule has 130 valence electrons. The van der Waals surface area contributed by atoms with Crippen molar-refractivity contribution in [2.45, 2.75) is 26.8 Å². The number of rotatable bonds is 3. The number of carbonyl (C=O) groups is 1. The van der Waals surface area contributed by atoms with Gasteiger partial charge in [0, 0.05) is 11.6 Å². The van der Waals surface area contributed by atoms with Crippen molar-refractivity contribution < 1.29 is 13.7 Å². The highest BCUT2D eigenvalue weighted by Gasteiger charge is 2.21. The van der Waals surface area contributed by atoms with Gasteiger partial charge in [-0.15, -0.1) is 0 Å². The van der Waals surface area contributed by atoms with Crippen LogP contribution in [0.2, 0.25) is 5.02 Å². The van der Waals surface area contributed by atoms with Crippen molar-refractivity contribution in [3.8, 4) is 22.5 Å². The molecule has 1 amide bonds. The summed E-state index contributed by atoms with van der Waals surface area (Å²) in [5.41, 5.74) is 2.73. The van der Waals surface area contributed by atoms with Gasteiger partial charge in [-0.1, -0.05) is 16.8 Å². The van der Waals surface area contributed by atoms with Crippen LogP contribution in [0.1, 0.15) is 19.5 Å². The van der Waals surface area contributed by atoms with E-state index in [0.717, 1.165) is 0 Å². The normalized spacial score (nSPS) is 11.1. The molecule has 0 spiro atoms. The van der Waals surface area contributed by atoms with Crippen LogP contribution in [0.4, 0.5) is 9.18 Å². The number of benzene rings is 1. The molecule has 0 bridgehead atoms. The third-order valence-corrected chi connectivity index (χ3v) is 3.86. The summed E-state index contributed by atoms with van der Waals surface area (Å²) in [5, 5.41) is 11.2. The first kappa shape index (κ1) is 17.2. The van der Waals surface area contributed by atoms with E-state index in [4.69, 9.17) is 16.1 Å². The van der Waals surface area contributed by atoms with Crippen LogP contribution >= 0.6 is 11.6 Å². The zero-order valence-electron chi connectivity index (χ0n) is 13.9. The van der Waals surface area contributed by atoms with Crippen LogP contribution < -0.4 is 5.32 Å². The molecule has 8 heteroatoms. The van der Waals surface area contributed by atoms with Gasteiger partial charge in [-0.05, 0) is 45.0 Å². The second kappa shape index (κ2) is 6.68. The lowest BCUT2D eigenvalue weighted by molar-refractivity contribution is 0.237. The minimum atomic E-state index is -0.444. The van der Waals surface area contributed by atoms with E-state index in [-0.39, 0.29) is 11.1 Å². The Balaban J connectivity index is 2.14. The Bertz CT molecular complexity index is 933. The first-order chi connectivity index (χ1) is 11.9. The van der Waals surface area contributed by atoms with Crippen molar-refractivity contribution in [2.24, 2.45) is 0 Å². The third-order valence-electron chi connectivity index (χ3n) is 3.55. The SMILES string of the molecule is Cc1nocc1-c1cc(-c2ccc(F)cc2Cl)nn1C(=O)NC(C)C. The number of hydrogen-bond acceptors (Lipinski definition) is 4. The maximum Gasteiger partial charge on any atom is 0.342 e. The second-order valence-electron chi connectivity index (χ2n) is 5.87. The molecule has 0 aliphatic rings. The molecule has 3 aromatic rings. The highest BCUT2D eigenvalue weighted by molar-refractivity contribution is 6.33. The van der Waals surface area contributed by atoms with Crippen molar-refractivity contribution in [1.82, 2.24) is 20.3 Å². The molecule has 0 saturated carbocycles. The van der Waals surface area contributed by atoms with Crippen LogP contribution in [0.15, 0.2) is 35.1 Å². The predicted octanol–water partition coefficient (Wildman–Crippen LogP) is 4.27. The maximum absolute atomic E-state index is 13.3. The number of nitrogens with one attached hydrogen (secondary N) is 1. The third kappa shape index (κ3) is 3.41. The number of nitrogens with zero attached hydrogens (tertiary/aromatic N) is 3. The Hall–Kier alpha value is -2.67. The van der Waals surface area contributed by atoms with E-state index >= 15 is 0 Å². The first-order valence-electron chi connectivity index (χ1n) is 7.64. The zero-order valence-corrected chi connectivity index (χ0v) is 14.6. The molecule has 2 heterocycles. The van der Waals surface area contributed by atoms with Crippen molar-refractivity contribution >= 4 is 17.6 Å². The molecule has 1 aromatic carbocycles. The highest BCUT2D eigenvalue weighted by atomic mass is 35.5. The van der Waals surface area contributed by atoms with Crippen LogP contribution in [0.5, 0.6) is 0 Å². The first-order valence-corrected chi connectivity index (χ1v) is 8.02. The minimum Gasteiger partial charge on any atom is -0.364 e. The van der Waals surface area contributed by atoms with Gasteiger partial charge >= 0.3 is 6.03 Å². The molecule has 0 unspecified atom stereocenters. The summed E-state index contributed by atoms with van der Waals surface area (Å²) >= 11 is 6.13. The molecule has 0 saturated heterocycles. The fourth-order valence-electron chi connectivity index (χ4n) is 2.40. The molecular formula is C17H16ClFN4O2. The van der Waals surface area contributed by atoms with Gasteiger partial charge in [0.25, 0.3) is 0 Å². The number of aromatic nitrogens is 3. The standard InChI is InChI=1S/C17H16ClFN4O2/c1-9(2)20-17(24)23-16(13-8-25-22-10(13)3)7-15(21-23)12-5-4-11(19)6-14(12)18/h4-9H,1-3H3,(H,20,24). The highest BCUT2D eigenvalue weighted by Crippen LogP contribution is 2.32. The van der Waals surface area contributed by atoms with E-state index in [2.05, 4.69) is 15.6 Å². The van der Waals surface area contributed by atoms with E-state index in [1.54, 1.807) is 13.0 Å². The van der Waals surface area contributed by atoms with Crippen molar-refractivity contribution in [3.05, 3.63) is 47.1 Å².